The van der Waals surface area contributed by atoms with Crippen molar-refractivity contribution in [1.82, 2.24) is 5.32 Å². The van der Waals surface area contributed by atoms with Crippen molar-refractivity contribution >= 4 is 0 Å². The number of hydrogen-bond acceptors (Lipinski definition) is 2. The largest absolute Gasteiger partial charge is 0.325 e. The molecule has 0 aliphatic heterocycles. The van der Waals surface area contributed by atoms with Gasteiger partial charge in [-0.15, -0.1) is 0 Å². The minimum atomic E-state index is 0.199. The minimum Gasteiger partial charge on any atom is -0.325 e. The molecule has 16 heavy (non-hydrogen) atoms. The van der Waals surface area contributed by atoms with Gasteiger partial charge in [0.15, 0.2) is 0 Å². The van der Waals surface area contributed by atoms with Gasteiger partial charge in [-0.3, -0.25) is 0 Å². The predicted octanol–water partition coefficient (Wildman–Crippen LogP) is 2.82. The normalized spacial score (nSPS) is 34.1. The molecule has 0 spiro atoms. The summed E-state index contributed by atoms with van der Waals surface area (Å²) in [6.07, 6.45) is 12.0. The van der Waals surface area contributed by atoms with E-state index >= 15 is 0 Å². The molecule has 2 saturated carbocycles. The Bertz CT molecular complexity index is 211. The summed E-state index contributed by atoms with van der Waals surface area (Å²) in [4.78, 5) is 0. The molecule has 2 heteroatoms. The van der Waals surface area contributed by atoms with Crippen molar-refractivity contribution in [2.45, 2.75) is 76.3 Å². The second kappa shape index (κ2) is 5.50. The molecule has 0 amide bonds. The molecule has 2 unspecified atom stereocenters. The van der Waals surface area contributed by atoms with Crippen molar-refractivity contribution in [2.75, 3.05) is 6.54 Å². The molecule has 2 aliphatic carbocycles. The Hall–Kier alpha value is -0.0800. The molecule has 2 aliphatic rings. The van der Waals surface area contributed by atoms with Crippen molar-refractivity contribution in [1.29, 1.82) is 0 Å². The van der Waals surface area contributed by atoms with E-state index < -0.39 is 0 Å². The number of rotatable bonds is 4. The highest BCUT2D eigenvalue weighted by Crippen LogP contribution is 2.31. The van der Waals surface area contributed by atoms with Crippen LogP contribution in [0.5, 0.6) is 0 Å². The summed E-state index contributed by atoms with van der Waals surface area (Å²) in [6, 6.07) is 0.772. The van der Waals surface area contributed by atoms with Gasteiger partial charge < -0.3 is 11.1 Å². The first-order valence-corrected chi connectivity index (χ1v) is 7.20. The van der Waals surface area contributed by atoms with E-state index in [-0.39, 0.29) is 5.54 Å². The molecule has 2 nitrogen and oxygen atoms in total. The molecule has 2 atom stereocenters. The Morgan fingerprint density at radius 2 is 1.94 bits per heavy atom. The van der Waals surface area contributed by atoms with E-state index in [1.807, 2.05) is 0 Å². The topological polar surface area (TPSA) is 38.0 Å². The quantitative estimate of drug-likeness (QED) is 0.721. The van der Waals surface area contributed by atoms with Crippen LogP contribution in [0.3, 0.4) is 0 Å². The summed E-state index contributed by atoms with van der Waals surface area (Å²) in [5.41, 5.74) is 6.43. The monoisotopic (exact) mass is 224 g/mol. The van der Waals surface area contributed by atoms with Crippen LogP contribution in [0.4, 0.5) is 0 Å². The zero-order valence-electron chi connectivity index (χ0n) is 10.8. The molecular formula is C14H28N2. The Morgan fingerprint density at radius 3 is 2.62 bits per heavy atom. The maximum atomic E-state index is 6.23. The lowest BCUT2D eigenvalue weighted by atomic mass is 9.75. The molecule has 0 aromatic rings. The molecule has 0 aromatic heterocycles. The molecule has 2 rings (SSSR count). The first-order chi connectivity index (χ1) is 7.68. The fraction of sp³-hybridized carbons (Fsp3) is 1.00. The fourth-order valence-electron chi connectivity index (χ4n) is 3.10. The number of nitrogens with two attached hydrogens (primary N) is 1. The predicted molar refractivity (Wildman–Crippen MR) is 69.4 cm³/mol. The highest BCUT2D eigenvalue weighted by molar-refractivity contribution is 4.93. The van der Waals surface area contributed by atoms with Crippen LogP contribution in [0.15, 0.2) is 0 Å². The van der Waals surface area contributed by atoms with Crippen LogP contribution in [0.2, 0.25) is 0 Å². The summed E-state index contributed by atoms with van der Waals surface area (Å²) in [7, 11) is 0. The third kappa shape index (κ3) is 3.46. The van der Waals surface area contributed by atoms with Crippen molar-refractivity contribution < 1.29 is 0 Å². The van der Waals surface area contributed by atoms with Crippen LogP contribution in [0.1, 0.15) is 64.7 Å². The van der Waals surface area contributed by atoms with Gasteiger partial charge in [0.2, 0.25) is 0 Å². The SMILES string of the molecule is CC1CCCC(NCCC2(N)CCC2)CC1. The van der Waals surface area contributed by atoms with Crippen molar-refractivity contribution in [3.63, 3.8) is 0 Å². The molecule has 0 aromatic carbocycles. The maximum absolute atomic E-state index is 6.23. The van der Waals surface area contributed by atoms with E-state index in [2.05, 4.69) is 12.2 Å². The summed E-state index contributed by atoms with van der Waals surface area (Å²) >= 11 is 0. The number of nitrogens with one attached hydrogen (secondary N) is 1. The van der Waals surface area contributed by atoms with E-state index in [9.17, 15) is 0 Å². The van der Waals surface area contributed by atoms with Crippen LogP contribution < -0.4 is 11.1 Å². The van der Waals surface area contributed by atoms with Crippen LogP contribution in [0, 0.1) is 5.92 Å². The summed E-state index contributed by atoms with van der Waals surface area (Å²) in [5, 5.41) is 3.73. The summed E-state index contributed by atoms with van der Waals surface area (Å²) in [6.45, 7) is 3.53. The summed E-state index contributed by atoms with van der Waals surface area (Å²) in [5.74, 6) is 0.944. The van der Waals surface area contributed by atoms with Crippen molar-refractivity contribution in [2.24, 2.45) is 11.7 Å². The van der Waals surface area contributed by atoms with Gasteiger partial charge in [0.1, 0.15) is 0 Å². The standard InChI is InChI=1S/C14H28N2/c1-12-4-2-5-13(7-6-12)16-11-10-14(15)8-3-9-14/h12-13,16H,2-11,15H2,1H3. The van der Waals surface area contributed by atoms with Gasteiger partial charge in [0.05, 0.1) is 0 Å². The number of hydrogen-bond donors (Lipinski definition) is 2. The lowest BCUT2D eigenvalue weighted by Gasteiger charge is -2.38. The van der Waals surface area contributed by atoms with E-state index in [0.717, 1.165) is 18.5 Å². The Labute approximate surface area is 100 Å². The Kier molecular flexibility index (Phi) is 4.26. The van der Waals surface area contributed by atoms with E-state index in [4.69, 9.17) is 5.73 Å². The molecule has 0 bridgehead atoms. The van der Waals surface area contributed by atoms with Gasteiger partial charge in [-0.25, -0.2) is 0 Å². The summed E-state index contributed by atoms with van der Waals surface area (Å²) < 4.78 is 0. The lowest BCUT2D eigenvalue weighted by molar-refractivity contribution is 0.225. The van der Waals surface area contributed by atoms with Gasteiger partial charge in [0, 0.05) is 11.6 Å². The molecule has 0 heterocycles. The van der Waals surface area contributed by atoms with Gasteiger partial charge in [-0.2, -0.15) is 0 Å². The zero-order valence-corrected chi connectivity index (χ0v) is 10.8. The fourth-order valence-corrected chi connectivity index (χ4v) is 3.10. The lowest BCUT2D eigenvalue weighted by Crippen LogP contribution is -2.49. The van der Waals surface area contributed by atoms with Crippen molar-refractivity contribution in [3.05, 3.63) is 0 Å². The average molecular weight is 224 g/mol. The molecule has 2 fully saturated rings. The molecule has 0 saturated heterocycles. The van der Waals surface area contributed by atoms with E-state index in [1.54, 1.807) is 0 Å². The second-order valence-electron chi connectivity index (χ2n) is 6.23. The smallest absolute Gasteiger partial charge is 0.0166 e. The minimum absolute atomic E-state index is 0.199. The van der Waals surface area contributed by atoms with Gasteiger partial charge >= 0.3 is 0 Å². The first-order valence-electron chi connectivity index (χ1n) is 7.20. The molecule has 3 N–H and O–H groups in total. The Morgan fingerprint density at radius 1 is 1.12 bits per heavy atom. The zero-order chi connectivity index (χ0) is 11.4. The highest BCUT2D eigenvalue weighted by atomic mass is 14.9. The van der Waals surface area contributed by atoms with Gasteiger partial charge in [-0.05, 0) is 57.4 Å². The van der Waals surface area contributed by atoms with E-state index in [1.165, 1.54) is 57.8 Å². The van der Waals surface area contributed by atoms with Crippen molar-refractivity contribution in [3.8, 4) is 0 Å². The molecular weight excluding hydrogens is 196 g/mol. The molecule has 0 radical (unpaired) electrons. The third-order valence-electron chi connectivity index (χ3n) is 4.66. The van der Waals surface area contributed by atoms with Gasteiger partial charge in [-0.1, -0.05) is 19.8 Å². The van der Waals surface area contributed by atoms with E-state index in [0.29, 0.717) is 0 Å². The highest BCUT2D eigenvalue weighted by Gasteiger charge is 2.31. The van der Waals surface area contributed by atoms with Crippen LogP contribution in [-0.4, -0.2) is 18.1 Å². The second-order valence-corrected chi connectivity index (χ2v) is 6.23. The van der Waals surface area contributed by atoms with Crippen LogP contribution in [-0.2, 0) is 0 Å². The van der Waals surface area contributed by atoms with Crippen LogP contribution >= 0.6 is 0 Å². The Balaban J connectivity index is 1.61. The maximum Gasteiger partial charge on any atom is 0.0166 e. The average Bonchev–Trinajstić information content (AvgIpc) is 2.41. The van der Waals surface area contributed by atoms with Crippen LogP contribution in [0.25, 0.3) is 0 Å². The molecule has 94 valence electrons. The van der Waals surface area contributed by atoms with Gasteiger partial charge in [0.25, 0.3) is 0 Å². The third-order valence-corrected chi connectivity index (χ3v) is 4.66. The first kappa shape index (κ1) is 12.4.